The second kappa shape index (κ2) is 11.2. The van der Waals surface area contributed by atoms with E-state index in [0.717, 1.165) is 26.5 Å². The van der Waals surface area contributed by atoms with Gasteiger partial charge in [-0.2, -0.15) is 5.10 Å². The molecule has 6 rings (SSSR count). The van der Waals surface area contributed by atoms with E-state index in [0.29, 0.717) is 27.6 Å². The normalized spacial score (nSPS) is 14.8. The van der Waals surface area contributed by atoms with E-state index in [1.165, 1.54) is 11.1 Å². The molecular weight excluding hydrogens is 625 g/mol. The largest absolute Gasteiger partial charge is 0.496 e. The maximum atomic E-state index is 14.0. The van der Waals surface area contributed by atoms with Crippen LogP contribution >= 0.6 is 39.1 Å². The highest BCUT2D eigenvalue weighted by molar-refractivity contribution is 9.10. The maximum absolute atomic E-state index is 14.0. The third-order valence-corrected chi connectivity index (χ3v) is 8.15. The van der Waals surface area contributed by atoms with Gasteiger partial charge in [-0.05, 0) is 48.0 Å². The molecule has 41 heavy (non-hydrogen) atoms. The molecule has 1 aromatic heterocycles. The number of halogens is 3. The molecule has 5 aromatic rings. The summed E-state index contributed by atoms with van der Waals surface area (Å²) in [5, 5.41) is 7.70. The van der Waals surface area contributed by atoms with E-state index in [1.54, 1.807) is 19.2 Å². The van der Waals surface area contributed by atoms with Gasteiger partial charge >= 0.3 is 0 Å². The van der Waals surface area contributed by atoms with Gasteiger partial charge in [-0.1, -0.05) is 87.7 Å². The number of hydrogen-bond acceptors (Lipinski definition) is 4. The second-order valence-corrected chi connectivity index (χ2v) is 11.3. The molecule has 1 atom stereocenters. The van der Waals surface area contributed by atoms with Crippen molar-refractivity contribution in [3.63, 3.8) is 0 Å². The fourth-order valence-electron chi connectivity index (χ4n) is 5.26. The first-order valence-corrected chi connectivity index (χ1v) is 14.3. The molecule has 0 bridgehead atoms. The zero-order valence-electron chi connectivity index (χ0n) is 21.7. The predicted octanol–water partition coefficient (Wildman–Crippen LogP) is 8.26. The number of para-hydroxylation sites is 1. The average molecular weight is 647 g/mol. The standard InChI is InChI=1S/C32H22BrCl2N3O3/c1-41-28-10-6-5-9-22(28)27-17-26(37-38(27)32(40)21-13-12-20(34)16-24(21)35)30-29(18-7-3-2-4-8-18)23-15-19(33)11-14-25(23)36-31(30)39/h2-16,27H,17H2,1H3,(H,36,39). The van der Waals surface area contributed by atoms with Crippen molar-refractivity contribution < 1.29 is 9.53 Å². The number of hydrazone groups is 1. The van der Waals surface area contributed by atoms with Crippen molar-refractivity contribution in [2.45, 2.75) is 12.5 Å². The van der Waals surface area contributed by atoms with Crippen LogP contribution in [0.1, 0.15) is 33.9 Å². The van der Waals surface area contributed by atoms with Gasteiger partial charge in [-0.3, -0.25) is 9.59 Å². The van der Waals surface area contributed by atoms with Crippen LogP contribution in [-0.2, 0) is 0 Å². The van der Waals surface area contributed by atoms with Gasteiger partial charge in [0.2, 0.25) is 0 Å². The molecule has 0 aliphatic carbocycles. The molecule has 0 spiro atoms. The second-order valence-electron chi connectivity index (χ2n) is 9.54. The predicted molar refractivity (Wildman–Crippen MR) is 167 cm³/mol. The highest BCUT2D eigenvalue weighted by Crippen LogP contribution is 2.41. The molecule has 0 fully saturated rings. The molecule has 1 aliphatic rings. The lowest BCUT2D eigenvalue weighted by Crippen LogP contribution is -2.27. The van der Waals surface area contributed by atoms with E-state index in [2.05, 4.69) is 20.9 Å². The number of pyridine rings is 1. The van der Waals surface area contributed by atoms with Crippen molar-refractivity contribution in [3.05, 3.63) is 133 Å². The van der Waals surface area contributed by atoms with E-state index in [1.807, 2.05) is 72.8 Å². The summed E-state index contributed by atoms with van der Waals surface area (Å²) in [6.07, 6.45) is 0.278. The third kappa shape index (κ3) is 5.05. The van der Waals surface area contributed by atoms with E-state index >= 15 is 0 Å². The number of aromatic amines is 1. The van der Waals surface area contributed by atoms with Gasteiger partial charge < -0.3 is 9.72 Å². The van der Waals surface area contributed by atoms with Crippen LogP contribution in [0.4, 0.5) is 0 Å². The summed E-state index contributed by atoms with van der Waals surface area (Å²) in [6.45, 7) is 0. The number of nitrogens with zero attached hydrogens (tertiary/aromatic N) is 2. The first-order valence-electron chi connectivity index (χ1n) is 12.8. The van der Waals surface area contributed by atoms with Crippen molar-refractivity contribution in [1.29, 1.82) is 0 Å². The molecule has 0 saturated carbocycles. The van der Waals surface area contributed by atoms with Gasteiger partial charge in [0.1, 0.15) is 5.75 Å². The topological polar surface area (TPSA) is 74.8 Å². The lowest BCUT2D eigenvalue weighted by molar-refractivity contribution is 0.0709. The van der Waals surface area contributed by atoms with Gasteiger partial charge in [-0.25, -0.2) is 5.01 Å². The molecule has 6 nitrogen and oxygen atoms in total. The Balaban J connectivity index is 1.59. The number of ether oxygens (including phenoxy) is 1. The summed E-state index contributed by atoms with van der Waals surface area (Å²) < 4.78 is 6.52. The first kappa shape index (κ1) is 27.3. The minimum atomic E-state index is -0.554. The molecule has 1 unspecified atom stereocenters. The smallest absolute Gasteiger partial charge is 0.276 e. The number of nitrogens with one attached hydrogen (secondary N) is 1. The number of carbonyl (C=O) groups is 1. The Hall–Kier alpha value is -3.91. The lowest BCUT2D eigenvalue weighted by Gasteiger charge is -2.24. The molecular formula is C32H22BrCl2N3O3. The Morgan fingerprint density at radius 3 is 2.49 bits per heavy atom. The number of benzene rings is 4. The Morgan fingerprint density at radius 2 is 1.73 bits per heavy atom. The summed E-state index contributed by atoms with van der Waals surface area (Å²) in [5.41, 5.74) is 3.88. The van der Waals surface area contributed by atoms with Crippen LogP contribution in [0.3, 0.4) is 0 Å². The number of hydrogen-bond donors (Lipinski definition) is 1. The average Bonchev–Trinajstić information content (AvgIpc) is 3.41. The molecule has 0 radical (unpaired) electrons. The van der Waals surface area contributed by atoms with Crippen molar-refractivity contribution in [2.75, 3.05) is 7.11 Å². The lowest BCUT2D eigenvalue weighted by atomic mass is 9.91. The van der Waals surface area contributed by atoms with Crippen LogP contribution < -0.4 is 10.3 Å². The number of rotatable bonds is 5. The van der Waals surface area contributed by atoms with Crippen LogP contribution in [0, 0.1) is 0 Å². The minimum absolute atomic E-state index is 0.211. The first-order chi connectivity index (χ1) is 19.9. The Morgan fingerprint density at radius 1 is 0.976 bits per heavy atom. The molecule has 1 aliphatic heterocycles. The fraction of sp³-hybridized carbons (Fsp3) is 0.0938. The fourth-order valence-corrected chi connectivity index (χ4v) is 6.11. The summed E-state index contributed by atoms with van der Waals surface area (Å²) in [5.74, 6) is 0.187. The molecule has 0 saturated heterocycles. The van der Waals surface area contributed by atoms with Crippen LogP contribution in [0.25, 0.3) is 22.0 Å². The number of methoxy groups -OCH3 is 1. The minimum Gasteiger partial charge on any atom is -0.496 e. The number of H-pyrrole nitrogens is 1. The number of fused-ring (bicyclic) bond motifs is 1. The number of amides is 1. The Labute approximate surface area is 254 Å². The molecule has 9 heteroatoms. The van der Waals surface area contributed by atoms with Crippen molar-refractivity contribution in [1.82, 2.24) is 9.99 Å². The van der Waals surface area contributed by atoms with Gasteiger partial charge in [0, 0.05) is 37.9 Å². The highest BCUT2D eigenvalue weighted by atomic mass is 79.9. The molecule has 4 aromatic carbocycles. The molecule has 204 valence electrons. The van der Waals surface area contributed by atoms with Crippen molar-refractivity contribution in [2.24, 2.45) is 5.10 Å². The summed E-state index contributed by atoms with van der Waals surface area (Å²) in [4.78, 5) is 30.8. The van der Waals surface area contributed by atoms with Gasteiger partial charge in [-0.15, -0.1) is 0 Å². The Bertz CT molecular complexity index is 1910. The third-order valence-electron chi connectivity index (χ3n) is 7.11. The van der Waals surface area contributed by atoms with Crippen LogP contribution in [0.15, 0.2) is 105 Å². The van der Waals surface area contributed by atoms with E-state index in [4.69, 9.17) is 33.0 Å². The van der Waals surface area contributed by atoms with Gasteiger partial charge in [0.25, 0.3) is 11.5 Å². The molecule has 1 amide bonds. The van der Waals surface area contributed by atoms with Crippen LogP contribution in [0.2, 0.25) is 10.0 Å². The number of aromatic nitrogens is 1. The number of carbonyl (C=O) groups excluding carboxylic acids is 1. The zero-order valence-corrected chi connectivity index (χ0v) is 24.8. The van der Waals surface area contributed by atoms with Gasteiger partial charge in [0.15, 0.2) is 0 Å². The van der Waals surface area contributed by atoms with Crippen LogP contribution in [0.5, 0.6) is 5.75 Å². The SMILES string of the molecule is COc1ccccc1C1CC(c2c(-c3ccccc3)c3cc(Br)ccc3[nH]c2=O)=NN1C(=O)c1ccc(Cl)cc1Cl. The van der Waals surface area contributed by atoms with Crippen molar-refractivity contribution >= 4 is 61.7 Å². The van der Waals surface area contributed by atoms with E-state index in [9.17, 15) is 9.59 Å². The molecule has 1 N–H and O–H groups in total. The highest BCUT2D eigenvalue weighted by Gasteiger charge is 2.37. The maximum Gasteiger partial charge on any atom is 0.276 e. The Kier molecular flexibility index (Phi) is 7.43. The zero-order chi connectivity index (χ0) is 28.7. The van der Waals surface area contributed by atoms with Crippen LogP contribution in [-0.4, -0.2) is 28.7 Å². The van der Waals surface area contributed by atoms with E-state index < -0.39 is 11.9 Å². The summed E-state index contributed by atoms with van der Waals surface area (Å²) >= 11 is 16.1. The quantitative estimate of drug-likeness (QED) is 0.209. The van der Waals surface area contributed by atoms with Crippen molar-refractivity contribution in [3.8, 4) is 16.9 Å². The van der Waals surface area contributed by atoms with E-state index in [-0.39, 0.29) is 22.6 Å². The van der Waals surface area contributed by atoms with Gasteiger partial charge in [0.05, 0.1) is 35.0 Å². The monoisotopic (exact) mass is 645 g/mol. The summed E-state index contributed by atoms with van der Waals surface area (Å²) in [7, 11) is 1.58. The molecule has 2 heterocycles. The summed E-state index contributed by atoms with van der Waals surface area (Å²) in [6, 6.07) is 27.0.